The van der Waals surface area contributed by atoms with Gasteiger partial charge in [-0.3, -0.25) is 4.21 Å². The molecule has 16 heavy (non-hydrogen) atoms. The van der Waals surface area contributed by atoms with Gasteiger partial charge in [-0.1, -0.05) is 6.07 Å². The molecular weight excluding hydrogens is 232 g/mol. The van der Waals surface area contributed by atoms with Gasteiger partial charge in [0.05, 0.1) is 0 Å². The molecule has 1 aromatic carbocycles. The van der Waals surface area contributed by atoms with Crippen LogP contribution in [-0.2, 0) is 10.8 Å². The van der Waals surface area contributed by atoms with E-state index in [4.69, 9.17) is 0 Å². The minimum atomic E-state index is -1.03. The van der Waals surface area contributed by atoms with Crippen LogP contribution in [0.2, 0.25) is 0 Å². The first-order valence-corrected chi connectivity index (χ1v) is 6.52. The number of nitrogens with one attached hydrogen (secondary N) is 1. The molecule has 1 N–H and O–H groups in total. The van der Waals surface area contributed by atoms with Crippen molar-refractivity contribution in [2.24, 2.45) is 0 Å². The first-order valence-electron chi connectivity index (χ1n) is 5.14. The molecule has 2 rings (SSSR count). The van der Waals surface area contributed by atoms with Crippen molar-refractivity contribution in [3.8, 4) is 0 Å². The lowest BCUT2D eigenvalue weighted by Crippen LogP contribution is -2.42. The largest absolute Gasteiger partial charge is 0.308 e. The Balaban J connectivity index is 2.28. The van der Waals surface area contributed by atoms with Gasteiger partial charge in [0.15, 0.2) is 0 Å². The first-order chi connectivity index (χ1) is 7.59. The predicted octanol–water partition coefficient (Wildman–Crippen LogP) is 1.75. The van der Waals surface area contributed by atoms with Crippen molar-refractivity contribution in [1.29, 1.82) is 0 Å². The third-order valence-electron chi connectivity index (χ3n) is 2.78. The van der Waals surface area contributed by atoms with Crippen LogP contribution in [-0.4, -0.2) is 21.8 Å². The topological polar surface area (TPSA) is 29.1 Å². The SMILES string of the molecule is CC1CNC(c2c(F)cccc2F)CS1=O. The third-order valence-corrected chi connectivity index (χ3v) is 4.51. The third kappa shape index (κ3) is 2.15. The number of halogens is 2. The second-order valence-electron chi connectivity index (χ2n) is 3.95. The fraction of sp³-hybridized carbons (Fsp3) is 0.455. The van der Waals surface area contributed by atoms with Gasteiger partial charge in [0.25, 0.3) is 0 Å². The van der Waals surface area contributed by atoms with Crippen LogP contribution in [0.1, 0.15) is 18.5 Å². The lowest BCUT2D eigenvalue weighted by Gasteiger charge is -2.28. The van der Waals surface area contributed by atoms with Crippen LogP contribution in [0.3, 0.4) is 0 Å². The minimum absolute atomic E-state index is 0.00255. The van der Waals surface area contributed by atoms with E-state index < -0.39 is 28.5 Å². The van der Waals surface area contributed by atoms with Crippen LogP contribution in [0.4, 0.5) is 8.78 Å². The average molecular weight is 245 g/mol. The van der Waals surface area contributed by atoms with E-state index in [0.29, 0.717) is 6.54 Å². The average Bonchev–Trinajstić information content (AvgIpc) is 2.23. The summed E-state index contributed by atoms with van der Waals surface area (Å²) in [6, 6.07) is 3.29. The summed E-state index contributed by atoms with van der Waals surface area (Å²) in [6.45, 7) is 2.38. The fourth-order valence-corrected chi connectivity index (χ4v) is 3.04. The van der Waals surface area contributed by atoms with E-state index in [2.05, 4.69) is 5.32 Å². The van der Waals surface area contributed by atoms with Crippen molar-refractivity contribution in [2.75, 3.05) is 12.3 Å². The summed E-state index contributed by atoms with van der Waals surface area (Å²) in [4.78, 5) is 0. The Morgan fingerprint density at radius 1 is 1.38 bits per heavy atom. The second-order valence-corrected chi connectivity index (χ2v) is 5.85. The monoisotopic (exact) mass is 245 g/mol. The fourth-order valence-electron chi connectivity index (χ4n) is 1.82. The molecule has 1 heterocycles. The Bertz CT molecular complexity index is 404. The molecule has 1 aliphatic rings. The molecule has 1 aromatic rings. The van der Waals surface area contributed by atoms with E-state index in [1.807, 2.05) is 6.92 Å². The lowest BCUT2D eigenvalue weighted by atomic mass is 10.1. The Kier molecular flexibility index (Phi) is 3.35. The van der Waals surface area contributed by atoms with Crippen molar-refractivity contribution >= 4 is 10.8 Å². The van der Waals surface area contributed by atoms with Crippen molar-refractivity contribution in [3.63, 3.8) is 0 Å². The van der Waals surface area contributed by atoms with Crippen LogP contribution >= 0.6 is 0 Å². The number of rotatable bonds is 1. The Morgan fingerprint density at radius 3 is 2.56 bits per heavy atom. The van der Waals surface area contributed by atoms with E-state index in [1.54, 1.807) is 0 Å². The molecule has 5 heteroatoms. The molecule has 3 unspecified atom stereocenters. The van der Waals surface area contributed by atoms with Gasteiger partial charge >= 0.3 is 0 Å². The Labute approximate surface area is 95.5 Å². The van der Waals surface area contributed by atoms with Crippen molar-refractivity contribution in [1.82, 2.24) is 5.32 Å². The minimum Gasteiger partial charge on any atom is -0.308 e. The van der Waals surface area contributed by atoms with Crippen LogP contribution in [0.5, 0.6) is 0 Å². The van der Waals surface area contributed by atoms with Crippen LogP contribution in [0, 0.1) is 11.6 Å². The highest BCUT2D eigenvalue weighted by molar-refractivity contribution is 7.85. The molecule has 3 atom stereocenters. The molecule has 0 saturated carbocycles. The van der Waals surface area contributed by atoms with Gasteiger partial charge < -0.3 is 5.32 Å². The number of benzene rings is 1. The molecule has 1 saturated heterocycles. The molecule has 2 nitrogen and oxygen atoms in total. The quantitative estimate of drug-likeness (QED) is 0.816. The standard InChI is InChI=1S/C11H13F2NOS/c1-7-5-14-10(6-16(7)15)11-8(12)3-2-4-9(11)13/h2-4,7,10,14H,5-6H2,1H3. The first kappa shape index (κ1) is 11.7. The zero-order chi connectivity index (χ0) is 11.7. The van der Waals surface area contributed by atoms with Gasteiger partial charge in [0.2, 0.25) is 0 Å². The summed E-state index contributed by atoms with van der Waals surface area (Å²) in [5.41, 5.74) is 0.00255. The summed E-state index contributed by atoms with van der Waals surface area (Å²) in [5.74, 6) is -0.896. The highest BCUT2D eigenvalue weighted by atomic mass is 32.2. The number of hydrogen-bond acceptors (Lipinski definition) is 2. The predicted molar refractivity (Wildman–Crippen MR) is 59.6 cm³/mol. The summed E-state index contributed by atoms with van der Waals surface area (Å²) in [5, 5.41) is 3.06. The van der Waals surface area contributed by atoms with Gasteiger partial charge in [-0.15, -0.1) is 0 Å². The molecule has 0 amide bonds. The maximum absolute atomic E-state index is 13.5. The molecule has 0 bridgehead atoms. The second kappa shape index (κ2) is 4.59. The smallest absolute Gasteiger partial charge is 0.130 e. The molecule has 1 aliphatic heterocycles. The van der Waals surface area contributed by atoms with Crippen LogP contribution < -0.4 is 5.32 Å². The summed E-state index contributed by atoms with van der Waals surface area (Å²) in [7, 11) is -1.03. The van der Waals surface area contributed by atoms with Gasteiger partial charge in [-0.25, -0.2) is 8.78 Å². The zero-order valence-electron chi connectivity index (χ0n) is 8.87. The lowest BCUT2D eigenvalue weighted by molar-refractivity contribution is 0.477. The van der Waals surface area contributed by atoms with Crippen LogP contribution in [0.15, 0.2) is 18.2 Å². The highest BCUT2D eigenvalue weighted by Crippen LogP contribution is 2.24. The van der Waals surface area contributed by atoms with E-state index in [-0.39, 0.29) is 16.6 Å². The van der Waals surface area contributed by atoms with Gasteiger partial charge in [0, 0.05) is 40.0 Å². The Morgan fingerprint density at radius 2 is 2.00 bits per heavy atom. The van der Waals surface area contributed by atoms with Crippen molar-refractivity contribution in [3.05, 3.63) is 35.4 Å². The Hall–Kier alpha value is -0.810. The van der Waals surface area contributed by atoms with Crippen molar-refractivity contribution in [2.45, 2.75) is 18.2 Å². The van der Waals surface area contributed by atoms with Crippen molar-refractivity contribution < 1.29 is 13.0 Å². The molecule has 1 fully saturated rings. The maximum atomic E-state index is 13.5. The van der Waals surface area contributed by atoms with Gasteiger partial charge in [-0.2, -0.15) is 0 Å². The summed E-state index contributed by atoms with van der Waals surface area (Å²) < 4.78 is 38.6. The molecule has 0 aliphatic carbocycles. The molecule has 0 spiro atoms. The van der Waals surface area contributed by atoms with E-state index in [1.165, 1.54) is 18.2 Å². The molecule has 0 aromatic heterocycles. The van der Waals surface area contributed by atoms with Gasteiger partial charge in [0.1, 0.15) is 11.6 Å². The van der Waals surface area contributed by atoms with E-state index in [9.17, 15) is 13.0 Å². The molecule has 0 radical (unpaired) electrons. The normalized spacial score (nSPS) is 30.3. The maximum Gasteiger partial charge on any atom is 0.130 e. The zero-order valence-corrected chi connectivity index (χ0v) is 9.69. The molecule has 88 valence electrons. The number of hydrogen-bond donors (Lipinski definition) is 1. The van der Waals surface area contributed by atoms with Gasteiger partial charge in [-0.05, 0) is 19.1 Å². The molecular formula is C11H13F2NOS. The summed E-state index contributed by atoms with van der Waals surface area (Å²) in [6.07, 6.45) is 0. The van der Waals surface area contributed by atoms with Crippen LogP contribution in [0.25, 0.3) is 0 Å². The summed E-state index contributed by atoms with van der Waals surface area (Å²) >= 11 is 0. The van der Waals surface area contributed by atoms with E-state index in [0.717, 1.165) is 0 Å². The van der Waals surface area contributed by atoms with E-state index >= 15 is 0 Å². The highest BCUT2D eigenvalue weighted by Gasteiger charge is 2.28.